The van der Waals surface area contributed by atoms with E-state index in [9.17, 15) is 4.39 Å². The first-order chi connectivity index (χ1) is 12.8. The summed E-state index contributed by atoms with van der Waals surface area (Å²) in [6.45, 7) is 5.25. The van der Waals surface area contributed by atoms with Crippen molar-refractivity contribution in [2.75, 3.05) is 32.8 Å². The second-order valence-corrected chi connectivity index (χ2v) is 6.35. The summed E-state index contributed by atoms with van der Waals surface area (Å²) in [5.74, 6) is -0.244. The van der Waals surface area contributed by atoms with E-state index in [1.165, 1.54) is 12.1 Å². The van der Waals surface area contributed by atoms with Gasteiger partial charge in [0.05, 0.1) is 19.8 Å². The zero-order chi connectivity index (χ0) is 17.8. The van der Waals surface area contributed by atoms with E-state index >= 15 is 0 Å². The van der Waals surface area contributed by atoms with Gasteiger partial charge < -0.3 is 4.74 Å². The molecule has 0 N–H and O–H groups in total. The van der Waals surface area contributed by atoms with Crippen molar-refractivity contribution in [3.8, 4) is 22.4 Å². The number of nitrogens with zero attached hydrogens (tertiary/aromatic N) is 4. The topological polar surface area (TPSA) is 43.2 Å². The molecule has 1 fully saturated rings. The van der Waals surface area contributed by atoms with Crippen molar-refractivity contribution in [1.29, 1.82) is 0 Å². The van der Waals surface area contributed by atoms with Crippen LogP contribution >= 0.6 is 0 Å². The van der Waals surface area contributed by atoms with Crippen LogP contribution in [-0.4, -0.2) is 52.5 Å². The molecule has 134 valence electrons. The minimum atomic E-state index is -0.244. The van der Waals surface area contributed by atoms with Crippen molar-refractivity contribution in [1.82, 2.24) is 19.7 Å². The van der Waals surface area contributed by atoms with Crippen LogP contribution in [-0.2, 0) is 11.3 Å². The van der Waals surface area contributed by atoms with Gasteiger partial charge in [-0.2, -0.15) is 5.10 Å². The number of halogens is 1. The lowest BCUT2D eigenvalue weighted by Gasteiger charge is -2.26. The minimum Gasteiger partial charge on any atom is -0.379 e. The van der Waals surface area contributed by atoms with Crippen LogP contribution in [0, 0.1) is 5.82 Å². The highest BCUT2D eigenvalue weighted by Crippen LogP contribution is 2.30. The minimum absolute atomic E-state index is 0.244. The van der Waals surface area contributed by atoms with Crippen molar-refractivity contribution in [2.45, 2.75) is 6.54 Å². The Kier molecular flexibility index (Phi) is 5.04. The highest BCUT2D eigenvalue weighted by molar-refractivity contribution is 5.80. The van der Waals surface area contributed by atoms with Crippen LogP contribution < -0.4 is 0 Å². The lowest BCUT2D eigenvalue weighted by molar-refractivity contribution is 0.0360. The Morgan fingerprint density at radius 1 is 0.923 bits per heavy atom. The molecule has 1 saturated heterocycles. The monoisotopic (exact) mass is 352 g/mol. The Balaban J connectivity index is 1.62. The lowest BCUT2D eigenvalue weighted by atomic mass is 10.0. The van der Waals surface area contributed by atoms with E-state index in [4.69, 9.17) is 9.84 Å². The van der Waals surface area contributed by atoms with Crippen molar-refractivity contribution < 1.29 is 9.13 Å². The van der Waals surface area contributed by atoms with Gasteiger partial charge in [0.1, 0.15) is 11.5 Å². The van der Waals surface area contributed by atoms with E-state index < -0.39 is 0 Å². The number of benzene rings is 1. The summed E-state index contributed by atoms with van der Waals surface area (Å²) in [6, 6.07) is 10.4. The molecule has 0 aliphatic carbocycles. The summed E-state index contributed by atoms with van der Waals surface area (Å²) in [7, 11) is 0. The molecule has 26 heavy (non-hydrogen) atoms. The predicted octanol–water partition coefficient (Wildman–Crippen LogP) is 3.08. The quantitative estimate of drug-likeness (QED) is 0.708. The fourth-order valence-corrected chi connectivity index (χ4v) is 3.17. The third-order valence-electron chi connectivity index (χ3n) is 4.62. The van der Waals surface area contributed by atoms with Gasteiger partial charge in [-0.1, -0.05) is 0 Å². The van der Waals surface area contributed by atoms with E-state index in [2.05, 4.69) is 16.1 Å². The second-order valence-electron chi connectivity index (χ2n) is 6.35. The zero-order valence-corrected chi connectivity index (χ0v) is 14.5. The summed E-state index contributed by atoms with van der Waals surface area (Å²) in [4.78, 5) is 6.48. The molecule has 0 spiro atoms. The largest absolute Gasteiger partial charge is 0.379 e. The average Bonchev–Trinajstić information content (AvgIpc) is 3.13. The van der Waals surface area contributed by atoms with Crippen molar-refractivity contribution in [3.05, 3.63) is 60.8 Å². The molecular weight excluding hydrogens is 331 g/mol. The Morgan fingerprint density at radius 2 is 1.65 bits per heavy atom. The molecule has 0 radical (unpaired) electrons. The molecule has 3 heterocycles. The molecular formula is C20H21FN4O. The molecule has 0 atom stereocenters. The third-order valence-corrected chi connectivity index (χ3v) is 4.62. The SMILES string of the molecule is Fc1ccc(-c2nn(CCN3CCOCC3)cc2-c2ccncc2)cc1. The van der Waals surface area contributed by atoms with Crippen molar-refractivity contribution in [2.24, 2.45) is 0 Å². The maximum absolute atomic E-state index is 13.3. The first kappa shape index (κ1) is 16.9. The molecule has 3 aromatic rings. The van der Waals surface area contributed by atoms with Gasteiger partial charge in [-0.25, -0.2) is 4.39 Å². The fourth-order valence-electron chi connectivity index (χ4n) is 3.17. The molecule has 0 unspecified atom stereocenters. The number of morpholine rings is 1. The lowest BCUT2D eigenvalue weighted by Crippen LogP contribution is -2.38. The fraction of sp³-hybridized carbons (Fsp3) is 0.300. The Morgan fingerprint density at radius 3 is 2.38 bits per heavy atom. The molecule has 0 saturated carbocycles. The number of pyridine rings is 1. The van der Waals surface area contributed by atoms with Gasteiger partial charge in [0.25, 0.3) is 0 Å². The summed E-state index contributed by atoms with van der Waals surface area (Å²) in [5.41, 5.74) is 3.85. The van der Waals surface area contributed by atoms with Gasteiger partial charge >= 0.3 is 0 Å². The Labute approximate surface area is 152 Å². The number of hydrogen-bond acceptors (Lipinski definition) is 4. The van der Waals surface area contributed by atoms with Crippen LogP contribution in [0.25, 0.3) is 22.4 Å². The van der Waals surface area contributed by atoms with Gasteiger partial charge in [0.2, 0.25) is 0 Å². The highest BCUT2D eigenvalue weighted by atomic mass is 19.1. The summed E-state index contributed by atoms with van der Waals surface area (Å²) < 4.78 is 20.7. The van der Waals surface area contributed by atoms with Crippen molar-refractivity contribution in [3.63, 3.8) is 0 Å². The van der Waals surface area contributed by atoms with Gasteiger partial charge in [-0.15, -0.1) is 0 Å². The maximum Gasteiger partial charge on any atom is 0.123 e. The molecule has 0 amide bonds. The van der Waals surface area contributed by atoms with E-state index in [1.54, 1.807) is 24.5 Å². The van der Waals surface area contributed by atoms with Crippen LogP contribution in [0.4, 0.5) is 4.39 Å². The number of rotatable bonds is 5. The van der Waals surface area contributed by atoms with Gasteiger partial charge in [0, 0.05) is 49.4 Å². The van der Waals surface area contributed by atoms with Crippen LogP contribution in [0.5, 0.6) is 0 Å². The second kappa shape index (κ2) is 7.76. The van der Waals surface area contributed by atoms with Crippen molar-refractivity contribution >= 4 is 0 Å². The summed E-state index contributed by atoms with van der Waals surface area (Å²) in [5, 5.41) is 4.79. The number of aromatic nitrogens is 3. The van der Waals surface area contributed by atoms with Gasteiger partial charge in [-0.05, 0) is 42.0 Å². The molecule has 4 rings (SSSR count). The van der Waals surface area contributed by atoms with E-state index in [0.29, 0.717) is 0 Å². The third kappa shape index (κ3) is 3.81. The molecule has 2 aromatic heterocycles. The first-order valence-electron chi connectivity index (χ1n) is 8.83. The van der Waals surface area contributed by atoms with Crippen LogP contribution in [0.2, 0.25) is 0 Å². The van der Waals surface area contributed by atoms with E-state index in [1.807, 2.05) is 16.8 Å². The van der Waals surface area contributed by atoms with Crippen LogP contribution in [0.1, 0.15) is 0 Å². The molecule has 0 bridgehead atoms. The highest BCUT2D eigenvalue weighted by Gasteiger charge is 2.15. The molecule has 1 aliphatic heterocycles. The maximum atomic E-state index is 13.3. The van der Waals surface area contributed by atoms with E-state index in [-0.39, 0.29) is 5.82 Å². The van der Waals surface area contributed by atoms with Gasteiger partial charge in [0.15, 0.2) is 0 Å². The predicted molar refractivity (Wildman–Crippen MR) is 98.1 cm³/mol. The molecule has 1 aliphatic rings. The normalized spacial score (nSPS) is 15.3. The first-order valence-corrected chi connectivity index (χ1v) is 8.83. The van der Waals surface area contributed by atoms with E-state index in [0.717, 1.165) is 61.8 Å². The van der Waals surface area contributed by atoms with Gasteiger partial charge in [-0.3, -0.25) is 14.6 Å². The average molecular weight is 352 g/mol. The summed E-state index contributed by atoms with van der Waals surface area (Å²) in [6.07, 6.45) is 5.61. The van der Waals surface area contributed by atoms with Crippen LogP contribution in [0.15, 0.2) is 55.0 Å². The Bertz CT molecular complexity index is 842. The standard InChI is InChI=1S/C20H21FN4O/c21-18-3-1-17(2-4-18)20-19(16-5-7-22-8-6-16)15-25(23-20)10-9-24-11-13-26-14-12-24/h1-8,15H,9-14H2. The molecule has 6 heteroatoms. The Hall–Kier alpha value is -2.57. The molecule has 1 aromatic carbocycles. The van der Waals surface area contributed by atoms with Crippen LogP contribution in [0.3, 0.4) is 0 Å². The molecule has 5 nitrogen and oxygen atoms in total. The summed E-state index contributed by atoms with van der Waals surface area (Å²) >= 11 is 0. The zero-order valence-electron chi connectivity index (χ0n) is 14.5. The number of ether oxygens (including phenoxy) is 1. The number of hydrogen-bond donors (Lipinski definition) is 0. The smallest absolute Gasteiger partial charge is 0.123 e.